The Morgan fingerprint density at radius 1 is 1.20 bits per heavy atom. The van der Waals surface area contributed by atoms with Crippen LogP contribution in [-0.2, 0) is 27.8 Å². The predicted molar refractivity (Wildman–Crippen MR) is 102 cm³/mol. The van der Waals surface area contributed by atoms with Gasteiger partial charge < -0.3 is 5.32 Å². The third-order valence-electron chi connectivity index (χ3n) is 4.38. The number of aryl methyl sites for hydroxylation is 1. The van der Waals surface area contributed by atoms with Crippen molar-refractivity contribution in [3.63, 3.8) is 0 Å². The zero-order chi connectivity index (χ0) is 18.2. The molecular weight excluding hydrogens is 404 g/mol. The molecule has 0 aromatic heterocycles. The van der Waals surface area contributed by atoms with Gasteiger partial charge in [0.05, 0.1) is 6.26 Å². The van der Waals surface area contributed by atoms with E-state index in [9.17, 15) is 13.2 Å². The SMILES string of the molecule is Cc1cc(Br)ccc1NC(=O)C1Cc2ccccc2CN1S(C)(=O)=O. The third-order valence-corrected chi connectivity index (χ3v) is 6.11. The Morgan fingerprint density at radius 3 is 2.52 bits per heavy atom. The van der Waals surface area contributed by atoms with Gasteiger partial charge in [-0.25, -0.2) is 8.42 Å². The zero-order valence-corrected chi connectivity index (χ0v) is 16.4. The highest BCUT2D eigenvalue weighted by Crippen LogP contribution is 2.27. The van der Waals surface area contributed by atoms with Crippen molar-refractivity contribution in [3.05, 3.63) is 63.6 Å². The number of anilines is 1. The predicted octanol–water partition coefficient (Wildman–Crippen LogP) is 3.08. The Labute approximate surface area is 156 Å². The van der Waals surface area contributed by atoms with Crippen molar-refractivity contribution in [2.75, 3.05) is 11.6 Å². The quantitative estimate of drug-likeness (QED) is 0.825. The van der Waals surface area contributed by atoms with Crippen molar-refractivity contribution >= 4 is 37.5 Å². The molecule has 7 heteroatoms. The number of nitrogens with one attached hydrogen (secondary N) is 1. The first-order chi connectivity index (χ1) is 11.8. The highest BCUT2D eigenvalue weighted by atomic mass is 79.9. The Kier molecular flexibility index (Phi) is 4.99. The molecule has 1 aliphatic rings. The smallest absolute Gasteiger partial charge is 0.243 e. The van der Waals surface area contributed by atoms with Gasteiger partial charge in [0.2, 0.25) is 15.9 Å². The van der Waals surface area contributed by atoms with E-state index in [1.165, 1.54) is 4.31 Å². The lowest BCUT2D eigenvalue weighted by Crippen LogP contribution is -2.50. The molecule has 0 fully saturated rings. The molecule has 0 saturated carbocycles. The van der Waals surface area contributed by atoms with Gasteiger partial charge in [-0.1, -0.05) is 40.2 Å². The molecule has 1 atom stereocenters. The van der Waals surface area contributed by atoms with Gasteiger partial charge in [-0.05, 0) is 48.2 Å². The van der Waals surface area contributed by atoms with E-state index in [2.05, 4.69) is 21.2 Å². The molecule has 0 bridgehead atoms. The lowest BCUT2D eigenvalue weighted by atomic mass is 9.95. The maximum absolute atomic E-state index is 12.8. The number of hydrogen-bond acceptors (Lipinski definition) is 3. The molecule has 0 saturated heterocycles. The van der Waals surface area contributed by atoms with Gasteiger partial charge >= 0.3 is 0 Å². The lowest BCUT2D eigenvalue weighted by molar-refractivity contribution is -0.120. The molecule has 1 aliphatic heterocycles. The fourth-order valence-electron chi connectivity index (χ4n) is 3.05. The highest BCUT2D eigenvalue weighted by molar-refractivity contribution is 9.10. The van der Waals surface area contributed by atoms with Crippen molar-refractivity contribution in [2.24, 2.45) is 0 Å². The number of amides is 1. The van der Waals surface area contributed by atoms with Gasteiger partial charge in [0, 0.05) is 16.7 Å². The van der Waals surface area contributed by atoms with Crippen molar-refractivity contribution in [1.29, 1.82) is 0 Å². The third kappa shape index (κ3) is 3.94. The summed E-state index contributed by atoms with van der Waals surface area (Å²) in [7, 11) is -3.51. The summed E-state index contributed by atoms with van der Waals surface area (Å²) in [5.74, 6) is -0.314. The summed E-state index contributed by atoms with van der Waals surface area (Å²) >= 11 is 3.39. The number of carbonyl (C=O) groups excluding carboxylic acids is 1. The topological polar surface area (TPSA) is 66.5 Å². The molecular formula is C18H19BrN2O3S. The van der Waals surface area contributed by atoms with Crippen LogP contribution in [0.25, 0.3) is 0 Å². The van der Waals surface area contributed by atoms with Crippen LogP contribution in [0.15, 0.2) is 46.9 Å². The molecule has 0 aliphatic carbocycles. The molecule has 132 valence electrons. The monoisotopic (exact) mass is 422 g/mol. The Balaban J connectivity index is 1.91. The molecule has 0 spiro atoms. The first-order valence-corrected chi connectivity index (χ1v) is 10.5. The highest BCUT2D eigenvalue weighted by Gasteiger charge is 2.36. The van der Waals surface area contributed by atoms with E-state index in [1.807, 2.05) is 43.3 Å². The lowest BCUT2D eigenvalue weighted by Gasteiger charge is -2.34. The molecule has 2 aromatic carbocycles. The van der Waals surface area contributed by atoms with Gasteiger partial charge in [-0.15, -0.1) is 0 Å². The minimum Gasteiger partial charge on any atom is -0.324 e. The van der Waals surface area contributed by atoms with E-state index in [4.69, 9.17) is 0 Å². The van der Waals surface area contributed by atoms with Crippen LogP contribution in [0.1, 0.15) is 16.7 Å². The molecule has 1 N–H and O–H groups in total. The van der Waals surface area contributed by atoms with Gasteiger partial charge in [-0.2, -0.15) is 4.31 Å². The van der Waals surface area contributed by atoms with Crippen LogP contribution in [0, 0.1) is 6.92 Å². The molecule has 25 heavy (non-hydrogen) atoms. The number of halogens is 1. The molecule has 1 unspecified atom stereocenters. The maximum Gasteiger partial charge on any atom is 0.243 e. The van der Waals surface area contributed by atoms with Crippen LogP contribution in [0.2, 0.25) is 0 Å². The summed E-state index contributed by atoms with van der Waals surface area (Å²) in [6.07, 6.45) is 1.51. The van der Waals surface area contributed by atoms with E-state index in [-0.39, 0.29) is 12.5 Å². The largest absolute Gasteiger partial charge is 0.324 e. The second-order valence-electron chi connectivity index (χ2n) is 6.25. The first kappa shape index (κ1) is 18.1. The van der Waals surface area contributed by atoms with E-state index in [1.54, 1.807) is 6.07 Å². The average Bonchev–Trinajstić information content (AvgIpc) is 2.55. The summed E-state index contributed by atoms with van der Waals surface area (Å²) < 4.78 is 26.6. The molecule has 1 heterocycles. The van der Waals surface area contributed by atoms with Crippen LogP contribution in [0.3, 0.4) is 0 Å². The minimum absolute atomic E-state index is 0.215. The van der Waals surface area contributed by atoms with Gasteiger partial charge in [-0.3, -0.25) is 4.79 Å². The van der Waals surface area contributed by atoms with Crippen LogP contribution >= 0.6 is 15.9 Å². The number of fused-ring (bicyclic) bond motifs is 1. The molecule has 5 nitrogen and oxygen atoms in total. The number of benzene rings is 2. The number of carbonyl (C=O) groups is 1. The van der Waals surface area contributed by atoms with Crippen molar-refractivity contribution in [2.45, 2.75) is 25.9 Å². The summed E-state index contributed by atoms with van der Waals surface area (Å²) in [5, 5.41) is 2.87. The fourth-order valence-corrected chi connectivity index (χ4v) is 4.54. The van der Waals surface area contributed by atoms with Gasteiger partial charge in [0.1, 0.15) is 6.04 Å². The van der Waals surface area contributed by atoms with Crippen LogP contribution < -0.4 is 5.32 Å². The summed E-state index contributed by atoms with van der Waals surface area (Å²) in [4.78, 5) is 12.8. The van der Waals surface area contributed by atoms with Gasteiger partial charge in [0.15, 0.2) is 0 Å². The van der Waals surface area contributed by atoms with E-state index >= 15 is 0 Å². The first-order valence-electron chi connectivity index (χ1n) is 7.86. The molecule has 2 aromatic rings. The molecule has 3 rings (SSSR count). The van der Waals surface area contributed by atoms with E-state index in [0.717, 1.165) is 27.4 Å². The molecule has 0 radical (unpaired) electrons. The van der Waals surface area contributed by atoms with Crippen molar-refractivity contribution in [3.8, 4) is 0 Å². The van der Waals surface area contributed by atoms with Crippen LogP contribution in [0.4, 0.5) is 5.69 Å². The molecule has 1 amide bonds. The summed E-state index contributed by atoms with van der Waals surface area (Å²) in [6.45, 7) is 2.11. The summed E-state index contributed by atoms with van der Waals surface area (Å²) in [5.41, 5.74) is 3.54. The summed E-state index contributed by atoms with van der Waals surface area (Å²) in [6, 6.07) is 12.4. The van der Waals surface area contributed by atoms with Crippen LogP contribution in [0.5, 0.6) is 0 Å². The second-order valence-corrected chi connectivity index (χ2v) is 9.10. The number of rotatable bonds is 3. The Hall–Kier alpha value is -1.70. The maximum atomic E-state index is 12.8. The Morgan fingerprint density at radius 2 is 1.88 bits per heavy atom. The average molecular weight is 423 g/mol. The number of sulfonamides is 1. The normalized spacial score (nSPS) is 17.8. The van der Waals surface area contributed by atoms with Crippen molar-refractivity contribution in [1.82, 2.24) is 4.31 Å². The van der Waals surface area contributed by atoms with E-state index < -0.39 is 16.1 Å². The second kappa shape index (κ2) is 6.90. The van der Waals surface area contributed by atoms with Crippen LogP contribution in [-0.4, -0.2) is 30.9 Å². The fraction of sp³-hybridized carbons (Fsp3) is 0.278. The standard InChI is InChI=1S/C18H19BrN2O3S/c1-12-9-15(19)7-8-16(12)20-18(22)17-10-13-5-3-4-6-14(13)11-21(17)25(2,23)24/h3-9,17H,10-11H2,1-2H3,(H,20,22). The minimum atomic E-state index is -3.51. The van der Waals surface area contributed by atoms with E-state index in [0.29, 0.717) is 12.1 Å². The van der Waals surface area contributed by atoms with Gasteiger partial charge in [0.25, 0.3) is 0 Å². The zero-order valence-electron chi connectivity index (χ0n) is 14.0. The Bertz CT molecular complexity index is 928. The number of nitrogens with zero attached hydrogens (tertiary/aromatic N) is 1. The number of hydrogen-bond donors (Lipinski definition) is 1. The van der Waals surface area contributed by atoms with Crippen molar-refractivity contribution < 1.29 is 13.2 Å².